The van der Waals surface area contributed by atoms with Gasteiger partial charge in [0.05, 0.1) is 0 Å². The molecule has 86 valence electrons. The van der Waals surface area contributed by atoms with Gasteiger partial charge in [-0.15, -0.1) is 0 Å². The van der Waals surface area contributed by atoms with Crippen molar-refractivity contribution in [2.45, 2.75) is 58.4 Å². The Morgan fingerprint density at radius 3 is 2.87 bits per heavy atom. The first-order chi connectivity index (χ1) is 7.12. The van der Waals surface area contributed by atoms with Crippen LogP contribution in [0.1, 0.15) is 52.9 Å². The van der Waals surface area contributed by atoms with Crippen molar-refractivity contribution in [1.82, 2.24) is 5.32 Å². The lowest BCUT2D eigenvalue weighted by atomic mass is 9.87. The third kappa shape index (κ3) is 3.37. The Bertz CT molecular complexity index is 247. The van der Waals surface area contributed by atoms with Crippen LogP contribution in [0.5, 0.6) is 0 Å². The van der Waals surface area contributed by atoms with E-state index in [-0.39, 0.29) is 11.4 Å². The minimum atomic E-state index is 0.0222. The fourth-order valence-corrected chi connectivity index (χ4v) is 2.14. The molecule has 1 amide bonds. The number of hydrogen-bond acceptors (Lipinski definition) is 1. The minimum Gasteiger partial charge on any atom is -0.350 e. The van der Waals surface area contributed by atoms with Gasteiger partial charge in [0.1, 0.15) is 0 Å². The van der Waals surface area contributed by atoms with Crippen LogP contribution < -0.4 is 5.32 Å². The zero-order chi connectivity index (χ0) is 11.3. The van der Waals surface area contributed by atoms with E-state index in [0.717, 1.165) is 19.3 Å². The van der Waals surface area contributed by atoms with Gasteiger partial charge in [-0.1, -0.05) is 32.9 Å². The van der Waals surface area contributed by atoms with Crippen LogP contribution in [0, 0.1) is 5.92 Å². The van der Waals surface area contributed by atoms with E-state index in [4.69, 9.17) is 0 Å². The summed E-state index contributed by atoms with van der Waals surface area (Å²) >= 11 is 0. The Labute approximate surface area is 93.1 Å². The summed E-state index contributed by atoms with van der Waals surface area (Å²) < 4.78 is 0. The summed E-state index contributed by atoms with van der Waals surface area (Å²) in [6.07, 6.45) is 9.38. The molecule has 1 aliphatic rings. The SMILES string of the molecule is CCC(=O)NC1(CC)CC=CC(C)CC1. The number of carbonyl (C=O) groups excluding carboxylic acids is 1. The maximum atomic E-state index is 11.5. The van der Waals surface area contributed by atoms with E-state index in [9.17, 15) is 4.79 Å². The third-order valence-electron chi connectivity index (χ3n) is 3.45. The lowest BCUT2D eigenvalue weighted by Gasteiger charge is -2.32. The summed E-state index contributed by atoms with van der Waals surface area (Å²) in [7, 11) is 0. The Morgan fingerprint density at radius 2 is 2.27 bits per heavy atom. The molecule has 0 aromatic heterocycles. The maximum absolute atomic E-state index is 11.5. The molecule has 0 aromatic rings. The second-order valence-corrected chi connectivity index (χ2v) is 4.68. The van der Waals surface area contributed by atoms with Crippen LogP contribution in [0.25, 0.3) is 0 Å². The Morgan fingerprint density at radius 1 is 1.53 bits per heavy atom. The molecular formula is C13H23NO. The molecule has 1 aliphatic carbocycles. The van der Waals surface area contributed by atoms with Crippen molar-refractivity contribution >= 4 is 5.91 Å². The van der Waals surface area contributed by atoms with E-state index in [1.807, 2.05) is 6.92 Å². The van der Waals surface area contributed by atoms with E-state index < -0.39 is 0 Å². The molecule has 0 saturated heterocycles. The quantitative estimate of drug-likeness (QED) is 0.711. The van der Waals surface area contributed by atoms with E-state index >= 15 is 0 Å². The van der Waals surface area contributed by atoms with Crippen LogP contribution in [0.3, 0.4) is 0 Å². The Balaban J connectivity index is 2.67. The van der Waals surface area contributed by atoms with Crippen molar-refractivity contribution < 1.29 is 4.79 Å². The zero-order valence-electron chi connectivity index (χ0n) is 10.2. The number of rotatable bonds is 3. The second-order valence-electron chi connectivity index (χ2n) is 4.68. The highest BCUT2D eigenvalue weighted by Crippen LogP contribution is 2.28. The summed E-state index contributed by atoms with van der Waals surface area (Å²) in [5, 5.41) is 3.20. The van der Waals surface area contributed by atoms with Gasteiger partial charge in [-0.2, -0.15) is 0 Å². The zero-order valence-corrected chi connectivity index (χ0v) is 10.2. The number of allylic oxidation sites excluding steroid dienone is 1. The summed E-state index contributed by atoms with van der Waals surface area (Å²) in [4.78, 5) is 11.5. The van der Waals surface area contributed by atoms with Gasteiger partial charge in [0.2, 0.25) is 5.91 Å². The normalized spacial score (nSPS) is 31.0. The lowest BCUT2D eigenvalue weighted by molar-refractivity contribution is -0.122. The van der Waals surface area contributed by atoms with Crippen molar-refractivity contribution in [1.29, 1.82) is 0 Å². The van der Waals surface area contributed by atoms with E-state index in [1.165, 1.54) is 6.42 Å². The third-order valence-corrected chi connectivity index (χ3v) is 3.45. The highest BCUT2D eigenvalue weighted by atomic mass is 16.1. The second kappa shape index (κ2) is 5.34. The van der Waals surface area contributed by atoms with Crippen LogP contribution in [0.4, 0.5) is 0 Å². The van der Waals surface area contributed by atoms with Gasteiger partial charge in [0.25, 0.3) is 0 Å². The fraction of sp³-hybridized carbons (Fsp3) is 0.769. The van der Waals surface area contributed by atoms with Crippen LogP contribution in [-0.2, 0) is 4.79 Å². The van der Waals surface area contributed by atoms with Crippen LogP contribution in [0.15, 0.2) is 12.2 Å². The molecule has 0 radical (unpaired) electrons. The maximum Gasteiger partial charge on any atom is 0.220 e. The van der Waals surface area contributed by atoms with Gasteiger partial charge >= 0.3 is 0 Å². The average molecular weight is 209 g/mol. The summed E-state index contributed by atoms with van der Waals surface area (Å²) in [5.41, 5.74) is 0.0222. The van der Waals surface area contributed by atoms with Gasteiger partial charge < -0.3 is 5.32 Å². The Hall–Kier alpha value is -0.790. The molecule has 2 nitrogen and oxygen atoms in total. The molecule has 0 aromatic carbocycles. The van der Waals surface area contributed by atoms with Crippen molar-refractivity contribution in [3.63, 3.8) is 0 Å². The molecule has 0 heterocycles. The highest BCUT2D eigenvalue weighted by molar-refractivity contribution is 5.76. The monoisotopic (exact) mass is 209 g/mol. The molecule has 15 heavy (non-hydrogen) atoms. The predicted octanol–water partition coefficient (Wildman–Crippen LogP) is 3.04. The molecule has 0 bridgehead atoms. The van der Waals surface area contributed by atoms with Crippen LogP contribution in [-0.4, -0.2) is 11.4 Å². The number of carbonyl (C=O) groups is 1. The van der Waals surface area contributed by atoms with Crippen LogP contribution >= 0.6 is 0 Å². The average Bonchev–Trinajstić information content (AvgIpc) is 2.42. The number of nitrogens with one attached hydrogen (secondary N) is 1. The molecule has 1 N–H and O–H groups in total. The molecule has 1 rings (SSSR count). The molecule has 2 atom stereocenters. The topological polar surface area (TPSA) is 29.1 Å². The van der Waals surface area contributed by atoms with Crippen molar-refractivity contribution in [3.8, 4) is 0 Å². The van der Waals surface area contributed by atoms with Gasteiger partial charge in [0, 0.05) is 12.0 Å². The molecule has 2 heteroatoms. The van der Waals surface area contributed by atoms with E-state index in [1.54, 1.807) is 0 Å². The summed E-state index contributed by atoms with van der Waals surface area (Å²) in [6, 6.07) is 0. The number of hydrogen-bond donors (Lipinski definition) is 1. The van der Waals surface area contributed by atoms with E-state index in [2.05, 4.69) is 31.3 Å². The lowest BCUT2D eigenvalue weighted by Crippen LogP contribution is -2.47. The smallest absolute Gasteiger partial charge is 0.220 e. The van der Waals surface area contributed by atoms with Crippen LogP contribution in [0.2, 0.25) is 0 Å². The van der Waals surface area contributed by atoms with Gasteiger partial charge in [-0.05, 0) is 31.6 Å². The Kier molecular flexibility index (Phi) is 4.37. The first kappa shape index (κ1) is 12.3. The first-order valence-corrected chi connectivity index (χ1v) is 6.09. The van der Waals surface area contributed by atoms with Crippen molar-refractivity contribution in [2.24, 2.45) is 5.92 Å². The van der Waals surface area contributed by atoms with Crippen molar-refractivity contribution in [3.05, 3.63) is 12.2 Å². The standard InChI is InChI=1S/C13H23NO/c1-4-12(15)14-13(5-2)9-6-7-11(3)8-10-13/h6-7,11H,4-5,8-10H2,1-3H3,(H,14,15). The van der Waals surface area contributed by atoms with Crippen molar-refractivity contribution in [2.75, 3.05) is 0 Å². The molecular weight excluding hydrogens is 186 g/mol. The molecule has 0 aliphatic heterocycles. The van der Waals surface area contributed by atoms with Gasteiger partial charge in [-0.3, -0.25) is 4.79 Å². The molecule has 0 fully saturated rings. The molecule has 0 saturated carbocycles. The predicted molar refractivity (Wildman–Crippen MR) is 63.6 cm³/mol. The fourth-order valence-electron chi connectivity index (χ4n) is 2.14. The van der Waals surface area contributed by atoms with Gasteiger partial charge in [0.15, 0.2) is 0 Å². The minimum absolute atomic E-state index is 0.0222. The van der Waals surface area contributed by atoms with Gasteiger partial charge in [-0.25, -0.2) is 0 Å². The molecule has 0 spiro atoms. The van der Waals surface area contributed by atoms with E-state index in [0.29, 0.717) is 12.3 Å². The largest absolute Gasteiger partial charge is 0.350 e. The highest BCUT2D eigenvalue weighted by Gasteiger charge is 2.29. The number of amides is 1. The first-order valence-electron chi connectivity index (χ1n) is 6.09. The molecule has 2 unspecified atom stereocenters. The summed E-state index contributed by atoms with van der Waals surface area (Å²) in [5.74, 6) is 0.830. The summed E-state index contributed by atoms with van der Waals surface area (Å²) in [6.45, 7) is 6.32.